The van der Waals surface area contributed by atoms with E-state index in [9.17, 15) is 9.59 Å². The molecule has 0 aliphatic heterocycles. The van der Waals surface area contributed by atoms with Crippen LogP contribution in [-0.4, -0.2) is 22.4 Å². The Morgan fingerprint density at radius 2 is 2.23 bits per heavy atom. The number of unbranched alkanes of at least 4 members (excludes halogenated alkanes) is 1. The van der Waals surface area contributed by atoms with E-state index >= 15 is 0 Å². The molecule has 0 saturated carbocycles. The van der Waals surface area contributed by atoms with Gasteiger partial charge in [-0.3, -0.25) is 4.79 Å². The van der Waals surface area contributed by atoms with Crippen LogP contribution in [0.25, 0.3) is 16.8 Å². The van der Waals surface area contributed by atoms with Crippen LogP contribution in [0.3, 0.4) is 0 Å². The molecule has 0 amide bonds. The molecule has 1 aromatic heterocycles. The van der Waals surface area contributed by atoms with E-state index in [4.69, 9.17) is 4.74 Å². The van der Waals surface area contributed by atoms with Crippen LogP contribution in [0.5, 0.6) is 0 Å². The summed E-state index contributed by atoms with van der Waals surface area (Å²) >= 11 is 3.40. The number of benzene rings is 1. The van der Waals surface area contributed by atoms with E-state index in [0.717, 1.165) is 22.7 Å². The number of aromatic nitrogens is 2. The zero-order chi connectivity index (χ0) is 16.1. The smallest absolute Gasteiger partial charge is 0.330 e. The molecule has 0 radical (unpaired) electrons. The minimum Gasteiger partial charge on any atom is -0.463 e. The molecule has 22 heavy (non-hydrogen) atoms. The Labute approximate surface area is 136 Å². The summed E-state index contributed by atoms with van der Waals surface area (Å²) in [6.07, 6.45) is 6.37. The molecule has 0 aliphatic rings. The van der Waals surface area contributed by atoms with Crippen molar-refractivity contribution in [3.8, 4) is 0 Å². The molecule has 0 saturated heterocycles. The fraction of sp³-hybridized carbons (Fsp3) is 0.312. The van der Waals surface area contributed by atoms with Crippen LogP contribution < -0.4 is 5.56 Å². The maximum absolute atomic E-state index is 12.3. The first-order valence-electron chi connectivity index (χ1n) is 7.03. The predicted octanol–water partition coefficient (Wildman–Crippen LogP) is 3.05. The first-order valence-corrected chi connectivity index (χ1v) is 7.82. The molecular formula is C16H17BrN2O3. The fourth-order valence-corrected chi connectivity index (χ4v) is 2.51. The molecule has 0 spiro atoms. The van der Waals surface area contributed by atoms with Crippen LogP contribution in [-0.2, 0) is 16.6 Å². The van der Waals surface area contributed by atoms with E-state index in [1.54, 1.807) is 25.4 Å². The summed E-state index contributed by atoms with van der Waals surface area (Å²) in [4.78, 5) is 23.9. The van der Waals surface area contributed by atoms with Crippen molar-refractivity contribution in [3.63, 3.8) is 0 Å². The molecule has 1 heterocycles. The molecule has 0 bridgehead atoms. The first-order chi connectivity index (χ1) is 10.5. The number of halogens is 1. The summed E-state index contributed by atoms with van der Waals surface area (Å²) in [5.41, 5.74) is 0.448. The summed E-state index contributed by atoms with van der Waals surface area (Å²) in [5, 5.41) is 5.25. The Bertz CT molecular complexity index is 781. The van der Waals surface area contributed by atoms with Gasteiger partial charge >= 0.3 is 5.97 Å². The Kier molecular flexibility index (Phi) is 5.49. The number of aryl methyl sites for hydroxylation is 1. The molecule has 2 rings (SSSR count). The molecule has 0 unspecified atom stereocenters. The van der Waals surface area contributed by atoms with Crippen molar-refractivity contribution < 1.29 is 9.53 Å². The van der Waals surface area contributed by atoms with Gasteiger partial charge < -0.3 is 4.74 Å². The SMILES string of the molecule is CCCCOC(=O)/C=C/c1cc(Br)cc2cnn(C)c(=O)c12. The zero-order valence-corrected chi connectivity index (χ0v) is 14.1. The first kappa shape index (κ1) is 16.4. The number of fused-ring (bicyclic) bond motifs is 1. The van der Waals surface area contributed by atoms with Crippen molar-refractivity contribution in [2.45, 2.75) is 19.8 Å². The number of carbonyl (C=O) groups excluding carboxylic acids is 1. The van der Waals surface area contributed by atoms with Gasteiger partial charge in [-0.2, -0.15) is 5.10 Å². The summed E-state index contributed by atoms with van der Waals surface area (Å²) in [5.74, 6) is -0.410. The number of rotatable bonds is 5. The summed E-state index contributed by atoms with van der Waals surface area (Å²) < 4.78 is 7.15. The highest BCUT2D eigenvalue weighted by atomic mass is 79.9. The average Bonchev–Trinajstić information content (AvgIpc) is 2.48. The third kappa shape index (κ3) is 3.82. The Hall–Kier alpha value is -1.95. The van der Waals surface area contributed by atoms with Gasteiger partial charge in [-0.25, -0.2) is 9.48 Å². The summed E-state index contributed by atoms with van der Waals surface area (Å²) in [6.45, 7) is 2.44. The Morgan fingerprint density at radius 3 is 2.95 bits per heavy atom. The maximum atomic E-state index is 12.3. The van der Waals surface area contributed by atoms with Crippen LogP contribution in [0.1, 0.15) is 25.3 Å². The minimum absolute atomic E-state index is 0.205. The summed E-state index contributed by atoms with van der Waals surface area (Å²) in [7, 11) is 1.59. The minimum atomic E-state index is -0.410. The van der Waals surface area contributed by atoms with E-state index in [1.807, 2.05) is 13.0 Å². The second-order valence-electron chi connectivity index (χ2n) is 4.89. The number of hydrogen-bond donors (Lipinski definition) is 0. The molecule has 116 valence electrons. The van der Waals surface area contributed by atoms with Crippen molar-refractivity contribution in [3.05, 3.63) is 44.8 Å². The van der Waals surface area contributed by atoms with Crippen LogP contribution in [0.4, 0.5) is 0 Å². The van der Waals surface area contributed by atoms with E-state index in [2.05, 4.69) is 21.0 Å². The van der Waals surface area contributed by atoms with Crippen molar-refractivity contribution in [1.82, 2.24) is 9.78 Å². The molecule has 2 aromatic rings. The van der Waals surface area contributed by atoms with Gasteiger partial charge in [0.05, 0.1) is 18.2 Å². The number of esters is 1. The maximum Gasteiger partial charge on any atom is 0.330 e. The molecular weight excluding hydrogens is 348 g/mol. The third-order valence-electron chi connectivity index (χ3n) is 3.18. The van der Waals surface area contributed by atoms with Crippen molar-refractivity contribution in [1.29, 1.82) is 0 Å². The molecule has 0 atom stereocenters. The van der Waals surface area contributed by atoms with Gasteiger partial charge in [-0.1, -0.05) is 29.3 Å². The van der Waals surface area contributed by atoms with Gasteiger partial charge in [0.25, 0.3) is 5.56 Å². The number of hydrogen-bond acceptors (Lipinski definition) is 4. The lowest BCUT2D eigenvalue weighted by Gasteiger charge is -2.05. The lowest BCUT2D eigenvalue weighted by molar-refractivity contribution is -0.137. The fourth-order valence-electron chi connectivity index (χ4n) is 2.02. The number of nitrogens with zero attached hydrogens (tertiary/aromatic N) is 2. The quantitative estimate of drug-likeness (QED) is 0.464. The molecule has 5 nitrogen and oxygen atoms in total. The highest BCUT2D eigenvalue weighted by Gasteiger charge is 2.08. The van der Waals surface area contributed by atoms with Gasteiger partial charge in [-0.05, 0) is 30.2 Å². The molecule has 0 N–H and O–H groups in total. The van der Waals surface area contributed by atoms with E-state index in [0.29, 0.717) is 17.6 Å². The second kappa shape index (κ2) is 7.35. The Morgan fingerprint density at radius 1 is 1.45 bits per heavy atom. The second-order valence-corrected chi connectivity index (χ2v) is 5.80. The van der Waals surface area contributed by atoms with Gasteiger partial charge in [0.1, 0.15) is 0 Å². The van der Waals surface area contributed by atoms with Crippen LogP contribution in [0.2, 0.25) is 0 Å². The van der Waals surface area contributed by atoms with Crippen molar-refractivity contribution >= 4 is 38.7 Å². The van der Waals surface area contributed by atoms with E-state index < -0.39 is 5.97 Å². The van der Waals surface area contributed by atoms with Gasteiger partial charge in [-0.15, -0.1) is 0 Å². The zero-order valence-electron chi connectivity index (χ0n) is 12.5. The van der Waals surface area contributed by atoms with E-state index in [1.165, 1.54) is 10.8 Å². The topological polar surface area (TPSA) is 61.2 Å². The van der Waals surface area contributed by atoms with Crippen LogP contribution >= 0.6 is 15.9 Å². The van der Waals surface area contributed by atoms with Crippen molar-refractivity contribution in [2.24, 2.45) is 7.05 Å². The molecule has 0 fully saturated rings. The standard InChI is InChI=1S/C16H17BrN2O3/c1-3-4-7-22-14(20)6-5-11-8-13(17)9-12-10-18-19(2)16(21)15(11)12/h5-6,8-10H,3-4,7H2,1-2H3/b6-5+. The molecule has 1 aromatic carbocycles. The lowest BCUT2D eigenvalue weighted by Crippen LogP contribution is -2.19. The average molecular weight is 365 g/mol. The van der Waals surface area contributed by atoms with Crippen LogP contribution in [0, 0.1) is 0 Å². The van der Waals surface area contributed by atoms with Gasteiger partial charge in [0.2, 0.25) is 0 Å². The molecule has 0 aliphatic carbocycles. The molecule has 6 heteroatoms. The summed E-state index contributed by atoms with van der Waals surface area (Å²) in [6, 6.07) is 3.61. The normalized spacial score (nSPS) is 11.2. The van der Waals surface area contributed by atoms with Gasteiger partial charge in [0, 0.05) is 23.0 Å². The predicted molar refractivity (Wildman–Crippen MR) is 89.6 cm³/mol. The number of ether oxygens (including phenoxy) is 1. The van der Waals surface area contributed by atoms with Crippen molar-refractivity contribution in [2.75, 3.05) is 6.61 Å². The van der Waals surface area contributed by atoms with E-state index in [-0.39, 0.29) is 5.56 Å². The number of carbonyl (C=O) groups is 1. The highest BCUT2D eigenvalue weighted by molar-refractivity contribution is 9.10. The Balaban J connectivity index is 2.36. The lowest BCUT2D eigenvalue weighted by atomic mass is 10.1. The third-order valence-corrected chi connectivity index (χ3v) is 3.64. The largest absolute Gasteiger partial charge is 0.463 e. The highest BCUT2D eigenvalue weighted by Crippen LogP contribution is 2.22. The monoisotopic (exact) mass is 364 g/mol. The van der Waals surface area contributed by atoms with Crippen LogP contribution in [0.15, 0.2) is 33.7 Å². The van der Waals surface area contributed by atoms with Gasteiger partial charge in [0.15, 0.2) is 0 Å².